The van der Waals surface area contributed by atoms with Gasteiger partial charge in [-0.1, -0.05) is 315 Å². The molecule has 0 fully saturated rings. The Morgan fingerprint density at radius 3 is 0.866 bits per heavy atom. The van der Waals surface area contributed by atoms with E-state index in [2.05, 4.69) is 31.3 Å². The highest BCUT2D eigenvalue weighted by Gasteiger charge is 2.28. The quantitative estimate of drug-likeness (QED) is 0.0308. The van der Waals surface area contributed by atoms with E-state index >= 15 is 0 Å². The standard InChI is InChI=1S/C61H121NO5/c1-3-5-7-9-11-13-15-17-19-21-23-25-27-29-31-32-34-36-38-40-42-44-46-48-50-52-54-58(64)60(66)57(56-63)62-61(67)59(65)55-53-51-49-47-45-43-41-39-37-35-33-30-28-26-24-22-20-18-16-14-12-10-8-6-4-2/h30,33,57-60,63-66H,3-29,31-32,34-56H2,1-2H3,(H,62,67)/b33-30-. The van der Waals surface area contributed by atoms with E-state index in [1.54, 1.807) is 0 Å². The van der Waals surface area contributed by atoms with Gasteiger partial charge in [0.05, 0.1) is 18.8 Å². The number of aliphatic hydroxyl groups excluding tert-OH is 4. The van der Waals surface area contributed by atoms with Gasteiger partial charge in [0.2, 0.25) is 5.91 Å². The van der Waals surface area contributed by atoms with E-state index in [0.29, 0.717) is 12.8 Å². The number of nitrogens with one attached hydrogen (secondary N) is 1. The van der Waals surface area contributed by atoms with E-state index in [9.17, 15) is 25.2 Å². The summed E-state index contributed by atoms with van der Waals surface area (Å²) < 4.78 is 0. The molecule has 0 aliphatic heterocycles. The molecule has 0 aromatic carbocycles. The second kappa shape index (κ2) is 56.0. The summed E-state index contributed by atoms with van der Waals surface area (Å²) >= 11 is 0. The van der Waals surface area contributed by atoms with Crippen molar-refractivity contribution in [2.45, 2.75) is 366 Å². The molecule has 0 aliphatic carbocycles. The zero-order valence-electron chi connectivity index (χ0n) is 45.4. The number of aliphatic hydroxyl groups is 4. The highest BCUT2D eigenvalue weighted by molar-refractivity contribution is 5.80. The lowest BCUT2D eigenvalue weighted by atomic mass is 9.99. The van der Waals surface area contributed by atoms with Crippen LogP contribution in [0.25, 0.3) is 0 Å². The third-order valence-electron chi connectivity index (χ3n) is 14.7. The van der Waals surface area contributed by atoms with Gasteiger partial charge in [-0.15, -0.1) is 0 Å². The molecule has 4 unspecified atom stereocenters. The van der Waals surface area contributed by atoms with Crippen molar-refractivity contribution >= 4 is 5.91 Å². The maximum absolute atomic E-state index is 12.6. The largest absolute Gasteiger partial charge is 0.394 e. The van der Waals surface area contributed by atoms with Crippen LogP contribution in [0.5, 0.6) is 0 Å². The van der Waals surface area contributed by atoms with Crippen molar-refractivity contribution in [1.29, 1.82) is 0 Å². The van der Waals surface area contributed by atoms with Crippen molar-refractivity contribution in [3.8, 4) is 0 Å². The molecule has 400 valence electrons. The monoisotopic (exact) mass is 948 g/mol. The van der Waals surface area contributed by atoms with Crippen LogP contribution in [0.1, 0.15) is 341 Å². The summed E-state index contributed by atoms with van der Waals surface area (Å²) in [6.07, 6.45) is 67.2. The van der Waals surface area contributed by atoms with Crippen molar-refractivity contribution in [3.05, 3.63) is 12.2 Å². The molecule has 0 rings (SSSR count). The number of rotatable bonds is 57. The molecule has 0 saturated carbocycles. The molecule has 0 heterocycles. The van der Waals surface area contributed by atoms with Gasteiger partial charge in [-0.2, -0.15) is 0 Å². The predicted molar refractivity (Wildman–Crippen MR) is 293 cm³/mol. The number of hydrogen-bond acceptors (Lipinski definition) is 5. The number of unbranched alkanes of at least 4 members (excludes halogenated alkanes) is 46. The lowest BCUT2D eigenvalue weighted by Crippen LogP contribution is -2.53. The Hall–Kier alpha value is -0.950. The van der Waals surface area contributed by atoms with Gasteiger partial charge in [0.1, 0.15) is 12.2 Å². The van der Waals surface area contributed by atoms with Crippen LogP contribution >= 0.6 is 0 Å². The van der Waals surface area contributed by atoms with Gasteiger partial charge in [-0.05, 0) is 38.5 Å². The molecule has 6 nitrogen and oxygen atoms in total. The molecule has 1 amide bonds. The third kappa shape index (κ3) is 49.8. The molecule has 0 radical (unpaired) electrons. The molecular weight excluding hydrogens is 827 g/mol. The van der Waals surface area contributed by atoms with Crippen molar-refractivity contribution in [2.75, 3.05) is 6.61 Å². The van der Waals surface area contributed by atoms with Gasteiger partial charge in [0.25, 0.3) is 0 Å². The summed E-state index contributed by atoms with van der Waals surface area (Å²) in [7, 11) is 0. The summed E-state index contributed by atoms with van der Waals surface area (Å²) in [5, 5.41) is 44.1. The van der Waals surface area contributed by atoms with E-state index in [0.717, 1.165) is 38.5 Å². The van der Waals surface area contributed by atoms with Gasteiger partial charge in [-0.3, -0.25) is 4.79 Å². The SMILES string of the molecule is CCCCCCCCCCCCCC/C=C\CCCCCCCCCCCC(O)C(=O)NC(CO)C(O)C(O)CCCCCCCCCCCCCCCCCCCCCCCCCCCC. The maximum Gasteiger partial charge on any atom is 0.249 e. The molecule has 67 heavy (non-hydrogen) atoms. The molecule has 0 aromatic heterocycles. The van der Waals surface area contributed by atoms with Crippen LogP contribution in [0, 0.1) is 0 Å². The fraction of sp³-hybridized carbons (Fsp3) is 0.951. The predicted octanol–water partition coefficient (Wildman–Crippen LogP) is 18.0. The van der Waals surface area contributed by atoms with Crippen LogP contribution in [0.15, 0.2) is 12.2 Å². The molecule has 6 heteroatoms. The average Bonchev–Trinajstić information content (AvgIpc) is 3.33. The normalized spacial score (nSPS) is 13.7. The van der Waals surface area contributed by atoms with Crippen molar-refractivity contribution < 1.29 is 25.2 Å². The third-order valence-corrected chi connectivity index (χ3v) is 14.7. The van der Waals surface area contributed by atoms with Crippen LogP contribution < -0.4 is 5.32 Å². The number of hydrogen-bond donors (Lipinski definition) is 5. The fourth-order valence-corrected chi connectivity index (χ4v) is 9.93. The Balaban J connectivity index is 3.58. The Morgan fingerprint density at radius 1 is 0.358 bits per heavy atom. The lowest BCUT2D eigenvalue weighted by Gasteiger charge is -2.27. The van der Waals surface area contributed by atoms with Gasteiger partial charge in [-0.25, -0.2) is 0 Å². The summed E-state index contributed by atoms with van der Waals surface area (Å²) in [4.78, 5) is 12.6. The zero-order valence-corrected chi connectivity index (χ0v) is 45.4. The first-order chi connectivity index (χ1) is 33.0. The summed E-state index contributed by atoms with van der Waals surface area (Å²) in [6.45, 7) is 4.10. The first kappa shape index (κ1) is 66.0. The molecule has 0 bridgehead atoms. The molecular formula is C61H121NO5. The van der Waals surface area contributed by atoms with E-state index < -0.39 is 36.9 Å². The van der Waals surface area contributed by atoms with Gasteiger partial charge in [0.15, 0.2) is 0 Å². The average molecular weight is 949 g/mol. The van der Waals surface area contributed by atoms with Crippen molar-refractivity contribution in [1.82, 2.24) is 5.32 Å². The summed E-state index contributed by atoms with van der Waals surface area (Å²) in [6, 6.07) is -0.985. The van der Waals surface area contributed by atoms with Crippen molar-refractivity contribution in [2.24, 2.45) is 0 Å². The smallest absolute Gasteiger partial charge is 0.249 e. The van der Waals surface area contributed by atoms with Gasteiger partial charge in [0, 0.05) is 0 Å². The second-order valence-corrected chi connectivity index (χ2v) is 21.4. The van der Waals surface area contributed by atoms with E-state index in [-0.39, 0.29) is 0 Å². The Morgan fingerprint density at radius 2 is 0.597 bits per heavy atom. The zero-order chi connectivity index (χ0) is 48.8. The van der Waals surface area contributed by atoms with Crippen LogP contribution in [0.4, 0.5) is 0 Å². The molecule has 4 atom stereocenters. The topological polar surface area (TPSA) is 110 Å². The van der Waals surface area contributed by atoms with E-state index in [1.807, 2.05) is 0 Å². The lowest BCUT2D eigenvalue weighted by molar-refractivity contribution is -0.132. The molecule has 0 aromatic rings. The highest BCUT2D eigenvalue weighted by atomic mass is 16.3. The second-order valence-electron chi connectivity index (χ2n) is 21.4. The summed E-state index contributed by atoms with van der Waals surface area (Å²) in [5.74, 6) is -0.579. The van der Waals surface area contributed by atoms with Crippen LogP contribution in [0.3, 0.4) is 0 Å². The van der Waals surface area contributed by atoms with Gasteiger partial charge >= 0.3 is 0 Å². The Bertz CT molecular complexity index is 975. The Kier molecular flexibility index (Phi) is 55.2. The molecule has 5 N–H and O–H groups in total. The van der Waals surface area contributed by atoms with E-state index in [4.69, 9.17) is 0 Å². The molecule has 0 spiro atoms. The minimum atomic E-state index is -1.26. The highest BCUT2D eigenvalue weighted by Crippen LogP contribution is 2.19. The Labute approximate surface area is 419 Å². The maximum atomic E-state index is 12.6. The minimum Gasteiger partial charge on any atom is -0.394 e. The first-order valence-electron chi connectivity index (χ1n) is 30.6. The van der Waals surface area contributed by atoms with E-state index in [1.165, 1.54) is 276 Å². The summed E-state index contributed by atoms with van der Waals surface area (Å²) in [5.41, 5.74) is 0. The fourth-order valence-electron chi connectivity index (χ4n) is 9.93. The number of carbonyl (C=O) groups is 1. The molecule has 0 saturated heterocycles. The van der Waals surface area contributed by atoms with Crippen LogP contribution in [-0.4, -0.2) is 57.3 Å². The van der Waals surface area contributed by atoms with Crippen LogP contribution in [-0.2, 0) is 4.79 Å². The van der Waals surface area contributed by atoms with Crippen molar-refractivity contribution in [3.63, 3.8) is 0 Å². The van der Waals surface area contributed by atoms with Gasteiger partial charge < -0.3 is 25.7 Å². The number of amides is 1. The molecule has 0 aliphatic rings. The minimum absolute atomic E-state index is 0.370. The van der Waals surface area contributed by atoms with Crippen LogP contribution in [0.2, 0.25) is 0 Å². The first-order valence-corrected chi connectivity index (χ1v) is 30.6. The number of allylic oxidation sites excluding steroid dienone is 2. The number of carbonyl (C=O) groups excluding carboxylic acids is 1.